The number of amides is 1. The summed E-state index contributed by atoms with van der Waals surface area (Å²) in [7, 11) is 0. The van der Waals surface area contributed by atoms with Gasteiger partial charge in [0.15, 0.2) is 0 Å². The summed E-state index contributed by atoms with van der Waals surface area (Å²) in [6.45, 7) is 7.42. The molecule has 0 bridgehead atoms. The molecule has 3 rings (SSSR count). The topological polar surface area (TPSA) is 73.2 Å². The van der Waals surface area contributed by atoms with Gasteiger partial charge in [0.05, 0.1) is 27.7 Å². The van der Waals surface area contributed by atoms with Crippen molar-refractivity contribution in [2.75, 3.05) is 0 Å². The van der Waals surface area contributed by atoms with Gasteiger partial charge in [0.1, 0.15) is 11.4 Å². The van der Waals surface area contributed by atoms with E-state index < -0.39 is 17.7 Å². The molecule has 6 nitrogen and oxygen atoms in total. The monoisotopic (exact) mass is 427 g/mol. The lowest BCUT2D eigenvalue weighted by Gasteiger charge is -2.25. The molecule has 1 N–H and O–H groups in total. The number of rotatable bonds is 5. The van der Waals surface area contributed by atoms with E-state index in [1.54, 1.807) is 39.0 Å². The number of nitrogens with one attached hydrogen (secondary N) is 1. The van der Waals surface area contributed by atoms with Crippen LogP contribution in [0.1, 0.15) is 52.4 Å². The van der Waals surface area contributed by atoms with Crippen LogP contribution < -0.4 is 10.9 Å². The number of alkyl carbamates (subject to hydrolysis) is 1. The van der Waals surface area contributed by atoms with Crippen molar-refractivity contribution in [3.63, 3.8) is 0 Å². The van der Waals surface area contributed by atoms with Crippen LogP contribution in [-0.4, -0.2) is 21.2 Å². The molecule has 0 spiro atoms. The zero-order chi connectivity index (χ0) is 21.9. The minimum Gasteiger partial charge on any atom is -0.444 e. The SMILES string of the molecule is CCC[C@@H](NC(=O)OC(C)(C)C)c1nc2cccc(Cl)c2c(=O)n1-c1ccccc1. The summed E-state index contributed by atoms with van der Waals surface area (Å²) in [5.74, 6) is 0.439. The highest BCUT2D eigenvalue weighted by molar-refractivity contribution is 6.35. The number of para-hydroxylation sites is 1. The summed E-state index contributed by atoms with van der Waals surface area (Å²) in [6.07, 6.45) is 0.810. The van der Waals surface area contributed by atoms with Crippen molar-refractivity contribution in [2.24, 2.45) is 0 Å². The maximum Gasteiger partial charge on any atom is 0.408 e. The fraction of sp³-hybridized carbons (Fsp3) is 0.348. The predicted molar refractivity (Wildman–Crippen MR) is 119 cm³/mol. The molecule has 0 unspecified atom stereocenters. The van der Waals surface area contributed by atoms with Crippen LogP contribution in [0.2, 0.25) is 5.02 Å². The van der Waals surface area contributed by atoms with Gasteiger partial charge < -0.3 is 10.1 Å². The summed E-state index contributed by atoms with van der Waals surface area (Å²) < 4.78 is 6.95. The molecule has 0 saturated carbocycles. The molecular weight excluding hydrogens is 402 g/mol. The zero-order valence-electron chi connectivity index (χ0n) is 17.6. The number of aromatic nitrogens is 2. The van der Waals surface area contributed by atoms with Crippen LogP contribution in [0, 0.1) is 0 Å². The van der Waals surface area contributed by atoms with E-state index in [1.807, 2.05) is 37.3 Å². The van der Waals surface area contributed by atoms with Crippen LogP contribution >= 0.6 is 11.6 Å². The number of halogens is 1. The average Bonchev–Trinajstić information content (AvgIpc) is 2.66. The maximum atomic E-state index is 13.5. The number of hydrogen-bond donors (Lipinski definition) is 1. The van der Waals surface area contributed by atoms with Gasteiger partial charge >= 0.3 is 6.09 Å². The van der Waals surface area contributed by atoms with E-state index in [2.05, 4.69) is 5.32 Å². The summed E-state index contributed by atoms with van der Waals surface area (Å²) >= 11 is 6.33. The second-order valence-corrected chi connectivity index (χ2v) is 8.47. The largest absolute Gasteiger partial charge is 0.444 e. The van der Waals surface area contributed by atoms with Gasteiger partial charge in [-0.3, -0.25) is 9.36 Å². The summed E-state index contributed by atoms with van der Waals surface area (Å²) in [4.78, 5) is 30.7. The van der Waals surface area contributed by atoms with E-state index in [0.717, 1.165) is 6.42 Å². The molecule has 7 heteroatoms. The molecular formula is C23H26ClN3O3. The Morgan fingerprint density at radius 1 is 1.17 bits per heavy atom. The van der Waals surface area contributed by atoms with E-state index >= 15 is 0 Å². The smallest absolute Gasteiger partial charge is 0.408 e. The predicted octanol–water partition coefficient (Wildman–Crippen LogP) is 5.41. The standard InChI is InChI=1S/C23H26ClN3O3/c1-5-10-18(26-22(29)30-23(2,3)4)20-25-17-14-9-13-16(24)19(17)21(28)27(20)15-11-7-6-8-12-15/h6-9,11-14,18H,5,10H2,1-4H3,(H,26,29)/t18-/m1/s1. The van der Waals surface area contributed by atoms with Gasteiger partial charge in [-0.15, -0.1) is 0 Å². The minimum absolute atomic E-state index is 0.279. The highest BCUT2D eigenvalue weighted by atomic mass is 35.5. The third kappa shape index (κ3) is 4.82. The molecule has 2 aromatic carbocycles. The minimum atomic E-state index is -0.635. The Labute approximate surface area is 180 Å². The lowest BCUT2D eigenvalue weighted by molar-refractivity contribution is 0.0497. The van der Waals surface area contributed by atoms with Crippen LogP contribution in [0.3, 0.4) is 0 Å². The van der Waals surface area contributed by atoms with Crippen LogP contribution in [0.25, 0.3) is 16.6 Å². The van der Waals surface area contributed by atoms with Crippen molar-refractivity contribution in [1.82, 2.24) is 14.9 Å². The summed E-state index contributed by atoms with van der Waals surface area (Å²) in [5.41, 5.74) is 0.226. The van der Waals surface area contributed by atoms with Crippen molar-refractivity contribution in [3.8, 4) is 5.69 Å². The molecule has 0 fully saturated rings. The van der Waals surface area contributed by atoms with E-state index in [0.29, 0.717) is 33.9 Å². The maximum absolute atomic E-state index is 13.5. The number of hydrogen-bond acceptors (Lipinski definition) is 4. The summed E-state index contributed by atoms with van der Waals surface area (Å²) in [6, 6.07) is 13.9. The highest BCUT2D eigenvalue weighted by Crippen LogP contribution is 2.25. The Hall–Kier alpha value is -2.86. The average molecular weight is 428 g/mol. The van der Waals surface area contributed by atoms with Crippen LogP contribution in [-0.2, 0) is 4.74 Å². The van der Waals surface area contributed by atoms with Crippen LogP contribution in [0.15, 0.2) is 53.3 Å². The highest BCUT2D eigenvalue weighted by Gasteiger charge is 2.25. The number of fused-ring (bicyclic) bond motifs is 1. The molecule has 30 heavy (non-hydrogen) atoms. The number of carbonyl (C=O) groups excluding carboxylic acids is 1. The van der Waals surface area contributed by atoms with Gasteiger partial charge in [-0.25, -0.2) is 9.78 Å². The molecule has 3 aromatic rings. The molecule has 1 aromatic heterocycles. The molecule has 158 valence electrons. The fourth-order valence-corrected chi connectivity index (χ4v) is 3.52. The second kappa shape index (κ2) is 8.88. The van der Waals surface area contributed by atoms with Crippen molar-refractivity contribution in [3.05, 3.63) is 69.7 Å². The molecule has 0 aliphatic carbocycles. The van der Waals surface area contributed by atoms with Crippen molar-refractivity contribution in [1.29, 1.82) is 0 Å². The lowest BCUT2D eigenvalue weighted by atomic mass is 10.1. The van der Waals surface area contributed by atoms with E-state index in [1.165, 1.54) is 4.57 Å². The molecule has 0 aliphatic heterocycles. The normalized spacial score (nSPS) is 12.6. The molecule has 0 aliphatic rings. The van der Waals surface area contributed by atoms with Gasteiger partial charge in [-0.05, 0) is 51.5 Å². The third-order valence-electron chi connectivity index (χ3n) is 4.47. The Balaban J connectivity index is 2.21. The van der Waals surface area contributed by atoms with E-state index in [9.17, 15) is 9.59 Å². The van der Waals surface area contributed by atoms with E-state index in [-0.39, 0.29) is 5.56 Å². The third-order valence-corrected chi connectivity index (χ3v) is 4.78. The van der Waals surface area contributed by atoms with Crippen LogP contribution in [0.5, 0.6) is 0 Å². The van der Waals surface area contributed by atoms with Gasteiger partial charge in [0.25, 0.3) is 5.56 Å². The van der Waals surface area contributed by atoms with E-state index in [4.69, 9.17) is 21.3 Å². The Morgan fingerprint density at radius 2 is 1.87 bits per heavy atom. The Morgan fingerprint density at radius 3 is 2.50 bits per heavy atom. The van der Waals surface area contributed by atoms with Crippen molar-refractivity contribution >= 4 is 28.6 Å². The number of ether oxygens (including phenoxy) is 1. The molecule has 1 amide bonds. The van der Waals surface area contributed by atoms with Gasteiger partial charge in [-0.1, -0.05) is 49.2 Å². The lowest BCUT2D eigenvalue weighted by Crippen LogP contribution is -2.38. The van der Waals surface area contributed by atoms with Gasteiger partial charge in [0, 0.05) is 0 Å². The Bertz CT molecular complexity index is 1100. The van der Waals surface area contributed by atoms with Gasteiger partial charge in [-0.2, -0.15) is 0 Å². The first-order chi connectivity index (χ1) is 14.2. The first-order valence-corrected chi connectivity index (χ1v) is 10.3. The first kappa shape index (κ1) is 21.8. The number of nitrogens with zero attached hydrogens (tertiary/aromatic N) is 2. The number of benzene rings is 2. The molecule has 0 saturated heterocycles. The zero-order valence-corrected chi connectivity index (χ0v) is 18.4. The first-order valence-electron chi connectivity index (χ1n) is 9.97. The summed E-state index contributed by atoms with van der Waals surface area (Å²) in [5, 5.41) is 3.58. The Kier molecular flexibility index (Phi) is 6.46. The van der Waals surface area contributed by atoms with Crippen molar-refractivity contribution < 1.29 is 9.53 Å². The van der Waals surface area contributed by atoms with Gasteiger partial charge in [0.2, 0.25) is 0 Å². The van der Waals surface area contributed by atoms with Crippen molar-refractivity contribution in [2.45, 2.75) is 52.2 Å². The molecule has 0 radical (unpaired) electrons. The number of carbonyl (C=O) groups is 1. The fourth-order valence-electron chi connectivity index (χ4n) is 3.27. The molecule has 1 atom stereocenters. The second-order valence-electron chi connectivity index (χ2n) is 8.07. The molecule has 1 heterocycles. The van der Waals surface area contributed by atoms with Crippen LogP contribution in [0.4, 0.5) is 4.79 Å². The quantitative estimate of drug-likeness (QED) is 0.591.